The molecule has 0 spiro atoms. The summed E-state index contributed by atoms with van der Waals surface area (Å²) in [5.41, 5.74) is 9.15. The number of hydrogen-bond donors (Lipinski definition) is 2. The second-order valence-electron chi connectivity index (χ2n) is 13.4. The van der Waals surface area contributed by atoms with Crippen LogP contribution in [-0.4, -0.2) is 47.9 Å². The van der Waals surface area contributed by atoms with Crippen LogP contribution in [0.4, 0.5) is 4.79 Å². The number of amides is 1. The van der Waals surface area contributed by atoms with E-state index in [4.69, 9.17) is 19.6 Å². The molecule has 2 aromatic heterocycles. The molecule has 0 unspecified atom stereocenters. The number of benzene rings is 5. The smallest absolute Gasteiger partial charge is 0.408 e. The lowest BCUT2D eigenvalue weighted by Gasteiger charge is -2.32. The molecule has 7 aromatic rings. The first kappa shape index (κ1) is 34.4. The van der Waals surface area contributed by atoms with Gasteiger partial charge < -0.3 is 19.1 Å². The number of carboxylic acid groups (broad SMARTS) is 1. The molecule has 0 saturated heterocycles. The third kappa shape index (κ3) is 7.06. The van der Waals surface area contributed by atoms with Crippen LogP contribution >= 0.6 is 0 Å². The molecule has 54 heavy (non-hydrogen) atoms. The number of esters is 1. The molecule has 1 atom stereocenters. The summed E-state index contributed by atoms with van der Waals surface area (Å²) in [6, 6.07) is 40.8. The lowest BCUT2D eigenvalue weighted by atomic mass is 9.96. The highest BCUT2D eigenvalue weighted by molar-refractivity contribution is 5.94. The summed E-state index contributed by atoms with van der Waals surface area (Å²) in [6.07, 6.45) is -0.279. The topological polar surface area (TPSA) is 123 Å². The van der Waals surface area contributed by atoms with Crippen LogP contribution in [0.3, 0.4) is 0 Å². The van der Waals surface area contributed by atoms with Crippen molar-refractivity contribution in [3.63, 3.8) is 0 Å². The first-order valence-electron chi connectivity index (χ1n) is 18.1. The van der Waals surface area contributed by atoms with Gasteiger partial charge in [0.1, 0.15) is 30.7 Å². The number of aromatic amines is 1. The number of rotatable bonds is 11. The Morgan fingerprint density at radius 2 is 1.52 bits per heavy atom. The maximum atomic E-state index is 13.4. The Labute approximate surface area is 312 Å². The summed E-state index contributed by atoms with van der Waals surface area (Å²) in [6.45, 7) is 3.12. The SMILES string of the molecule is CCc1cc(OCc2ccccc2)ccc1-c1ccc2c(-c3nc4c(n3Cc3ccccc3)CN(C(=O)O)[C@H](C(=O)OCc3ccccc3)C4)n[nH]c2c1. The van der Waals surface area contributed by atoms with Gasteiger partial charge in [-0.3, -0.25) is 10.00 Å². The fourth-order valence-electron chi connectivity index (χ4n) is 7.13. The van der Waals surface area contributed by atoms with Gasteiger partial charge in [0.05, 0.1) is 23.4 Å². The van der Waals surface area contributed by atoms with Crippen LogP contribution in [0.15, 0.2) is 127 Å². The van der Waals surface area contributed by atoms with Crippen molar-refractivity contribution in [2.45, 2.75) is 52.1 Å². The van der Waals surface area contributed by atoms with Gasteiger partial charge in [0.15, 0.2) is 5.82 Å². The quantitative estimate of drug-likeness (QED) is 0.129. The molecular weight excluding hydrogens is 679 g/mol. The molecule has 0 radical (unpaired) electrons. The number of H-pyrrole nitrogens is 1. The Hall–Kier alpha value is -6.68. The fraction of sp³-hybridized carbons (Fsp3) is 0.182. The molecule has 270 valence electrons. The van der Waals surface area contributed by atoms with E-state index in [2.05, 4.69) is 54.5 Å². The standard InChI is InChI=1S/C44H39N5O5/c1-2-32-22-34(53-27-30-14-8-4-9-15-30)19-21-35(32)33-18-20-36-37(23-33)46-47-41(36)42-45-38-24-39(43(50)54-28-31-16-10-5-11-17-31)49(44(51)52)26-40(38)48(42)25-29-12-6-3-7-13-29/h3-23,39H,2,24-28H2,1H3,(H,46,47)(H,51,52)/t39-/m0/s1. The first-order chi connectivity index (χ1) is 26.4. The van der Waals surface area contributed by atoms with Gasteiger partial charge in [-0.25, -0.2) is 14.6 Å². The van der Waals surface area contributed by atoms with E-state index in [1.165, 1.54) is 5.56 Å². The van der Waals surface area contributed by atoms with Crippen molar-refractivity contribution in [1.82, 2.24) is 24.6 Å². The molecule has 1 aliphatic rings. The number of imidazole rings is 1. The largest absolute Gasteiger partial charge is 0.489 e. The normalized spacial score (nSPS) is 13.8. The van der Waals surface area contributed by atoms with Crippen molar-refractivity contribution < 1.29 is 24.2 Å². The molecular formula is C44H39N5O5. The van der Waals surface area contributed by atoms with E-state index in [9.17, 15) is 14.7 Å². The maximum Gasteiger partial charge on any atom is 0.408 e. The lowest BCUT2D eigenvalue weighted by molar-refractivity contribution is -0.151. The van der Waals surface area contributed by atoms with Crippen molar-refractivity contribution >= 4 is 23.0 Å². The minimum atomic E-state index is -1.20. The Kier molecular flexibility index (Phi) is 9.63. The van der Waals surface area contributed by atoms with E-state index in [1.807, 2.05) is 89.5 Å². The molecule has 0 bridgehead atoms. The third-order valence-electron chi connectivity index (χ3n) is 9.96. The average Bonchev–Trinajstić information content (AvgIpc) is 3.79. The summed E-state index contributed by atoms with van der Waals surface area (Å²) in [7, 11) is 0. The van der Waals surface area contributed by atoms with Crippen molar-refractivity contribution in [3.05, 3.63) is 161 Å². The first-order valence-corrected chi connectivity index (χ1v) is 18.1. The minimum absolute atomic E-state index is 0.0209. The molecule has 3 heterocycles. The van der Waals surface area contributed by atoms with E-state index in [0.717, 1.165) is 61.5 Å². The van der Waals surface area contributed by atoms with Gasteiger partial charge in [-0.1, -0.05) is 110 Å². The van der Waals surface area contributed by atoms with Crippen LogP contribution in [0.5, 0.6) is 5.75 Å². The van der Waals surface area contributed by atoms with Crippen LogP contribution in [0.2, 0.25) is 0 Å². The molecule has 2 N–H and O–H groups in total. The fourth-order valence-corrected chi connectivity index (χ4v) is 7.13. The Morgan fingerprint density at radius 3 is 2.20 bits per heavy atom. The highest BCUT2D eigenvalue weighted by Gasteiger charge is 2.39. The highest BCUT2D eigenvalue weighted by Crippen LogP contribution is 2.36. The van der Waals surface area contributed by atoms with Crippen LogP contribution < -0.4 is 4.74 Å². The number of nitrogens with zero attached hydrogens (tertiary/aromatic N) is 4. The van der Waals surface area contributed by atoms with Crippen LogP contribution in [0, 0.1) is 0 Å². The van der Waals surface area contributed by atoms with E-state index in [1.54, 1.807) is 0 Å². The molecule has 0 fully saturated rings. The zero-order valence-electron chi connectivity index (χ0n) is 29.8. The van der Waals surface area contributed by atoms with E-state index in [0.29, 0.717) is 30.4 Å². The molecule has 1 amide bonds. The maximum absolute atomic E-state index is 13.4. The Morgan fingerprint density at radius 1 is 0.833 bits per heavy atom. The number of aryl methyl sites for hydroxylation is 1. The van der Waals surface area contributed by atoms with E-state index in [-0.39, 0.29) is 19.6 Å². The molecule has 0 saturated carbocycles. The van der Waals surface area contributed by atoms with Crippen LogP contribution in [0.1, 0.15) is 40.6 Å². The second kappa shape index (κ2) is 15.1. The summed E-state index contributed by atoms with van der Waals surface area (Å²) in [5, 5.41) is 19.2. The number of hydrogen-bond acceptors (Lipinski definition) is 6. The second-order valence-corrected chi connectivity index (χ2v) is 13.4. The van der Waals surface area contributed by atoms with E-state index < -0.39 is 18.1 Å². The van der Waals surface area contributed by atoms with Crippen molar-refractivity contribution in [3.8, 4) is 28.4 Å². The van der Waals surface area contributed by atoms with Gasteiger partial charge in [-0.2, -0.15) is 5.10 Å². The number of carbonyl (C=O) groups is 2. The summed E-state index contributed by atoms with van der Waals surface area (Å²) in [4.78, 5) is 32.2. The molecule has 8 rings (SSSR count). The zero-order chi connectivity index (χ0) is 37.0. The van der Waals surface area contributed by atoms with Gasteiger partial charge >= 0.3 is 12.1 Å². The summed E-state index contributed by atoms with van der Waals surface area (Å²) < 4.78 is 13.8. The van der Waals surface area contributed by atoms with Gasteiger partial charge in [0.25, 0.3) is 0 Å². The van der Waals surface area contributed by atoms with Crippen molar-refractivity contribution in [2.75, 3.05) is 0 Å². The third-order valence-corrected chi connectivity index (χ3v) is 9.96. The highest BCUT2D eigenvalue weighted by atomic mass is 16.5. The van der Waals surface area contributed by atoms with E-state index >= 15 is 0 Å². The zero-order valence-corrected chi connectivity index (χ0v) is 29.8. The predicted octanol–water partition coefficient (Wildman–Crippen LogP) is 8.43. The summed E-state index contributed by atoms with van der Waals surface area (Å²) in [5.74, 6) is 0.818. The Bertz CT molecular complexity index is 2420. The predicted molar refractivity (Wildman–Crippen MR) is 206 cm³/mol. The number of fused-ring (bicyclic) bond motifs is 2. The molecule has 10 heteroatoms. The van der Waals surface area contributed by atoms with Crippen molar-refractivity contribution in [2.24, 2.45) is 0 Å². The van der Waals surface area contributed by atoms with Crippen LogP contribution in [-0.2, 0) is 48.7 Å². The van der Waals surface area contributed by atoms with Gasteiger partial charge in [-0.05, 0) is 64.1 Å². The Balaban J connectivity index is 1.12. The lowest BCUT2D eigenvalue weighted by Crippen LogP contribution is -2.49. The molecule has 5 aromatic carbocycles. The monoisotopic (exact) mass is 717 g/mol. The number of nitrogens with one attached hydrogen (secondary N) is 1. The van der Waals surface area contributed by atoms with Gasteiger partial charge in [0, 0.05) is 18.4 Å². The number of carbonyl (C=O) groups excluding carboxylic acids is 1. The molecule has 10 nitrogen and oxygen atoms in total. The van der Waals surface area contributed by atoms with Crippen molar-refractivity contribution in [1.29, 1.82) is 0 Å². The average molecular weight is 718 g/mol. The number of ether oxygens (including phenoxy) is 2. The minimum Gasteiger partial charge on any atom is -0.489 e. The van der Waals surface area contributed by atoms with Crippen LogP contribution in [0.25, 0.3) is 33.5 Å². The molecule has 1 aliphatic heterocycles. The number of aromatic nitrogens is 4. The summed E-state index contributed by atoms with van der Waals surface area (Å²) >= 11 is 0. The molecule has 0 aliphatic carbocycles. The van der Waals surface area contributed by atoms with Gasteiger partial charge in [0.2, 0.25) is 0 Å². The van der Waals surface area contributed by atoms with Gasteiger partial charge in [-0.15, -0.1) is 0 Å².